The molecule has 11 heavy (non-hydrogen) atoms. The predicted molar refractivity (Wildman–Crippen MR) is 50.1 cm³/mol. The van der Waals surface area contributed by atoms with Crippen LogP contribution >= 0.6 is 21.6 Å². The van der Waals surface area contributed by atoms with Gasteiger partial charge in [0, 0.05) is 4.90 Å². The van der Waals surface area contributed by atoms with Crippen molar-refractivity contribution >= 4 is 21.6 Å². The van der Waals surface area contributed by atoms with Crippen LogP contribution in [0.3, 0.4) is 0 Å². The van der Waals surface area contributed by atoms with Gasteiger partial charge in [0.05, 0.1) is 0 Å². The Hall–Kier alpha value is -0.410. The lowest BCUT2D eigenvalue weighted by molar-refractivity contribution is 0.705. The third kappa shape index (κ3) is 3.49. The van der Waals surface area contributed by atoms with Gasteiger partial charge in [0.2, 0.25) is 0 Å². The van der Waals surface area contributed by atoms with Crippen molar-refractivity contribution in [3.05, 3.63) is 42.1 Å². The van der Waals surface area contributed by atoms with Crippen molar-refractivity contribution in [3.8, 4) is 0 Å². The van der Waals surface area contributed by atoms with Crippen LogP contribution in [0, 0.1) is 0 Å². The van der Waals surface area contributed by atoms with Gasteiger partial charge in [-0.1, -0.05) is 35.6 Å². The summed E-state index contributed by atoms with van der Waals surface area (Å²) in [6.07, 6.45) is 0. The van der Waals surface area contributed by atoms with Crippen molar-refractivity contribution in [1.82, 2.24) is 0 Å². The summed E-state index contributed by atoms with van der Waals surface area (Å²) in [7, 11) is 2.41. The zero-order valence-corrected chi connectivity index (χ0v) is 7.42. The van der Waals surface area contributed by atoms with Crippen LogP contribution in [0.15, 0.2) is 47.0 Å². The quantitative estimate of drug-likeness (QED) is 0.657. The van der Waals surface area contributed by atoms with Crippen LogP contribution in [0.2, 0.25) is 0 Å². The van der Waals surface area contributed by atoms with Crippen LogP contribution in [-0.2, 0) is 0 Å². The molecule has 0 N–H and O–H groups in total. The monoisotopic (exact) mass is 186 g/mol. The SMILES string of the molecule is C=C(F)SSc1ccccc1. The fourth-order valence-corrected chi connectivity index (χ4v) is 1.92. The molecule has 58 valence electrons. The largest absolute Gasteiger partial charge is 0.199 e. The van der Waals surface area contributed by atoms with E-state index >= 15 is 0 Å². The molecule has 0 fully saturated rings. The first-order chi connectivity index (χ1) is 5.29. The number of halogens is 1. The first-order valence-corrected chi connectivity index (χ1v) is 5.18. The van der Waals surface area contributed by atoms with E-state index in [0.29, 0.717) is 0 Å². The molecule has 0 aromatic heterocycles. The minimum Gasteiger partial charge on any atom is -0.199 e. The Kier molecular flexibility index (Phi) is 3.52. The Labute approximate surface area is 73.3 Å². The van der Waals surface area contributed by atoms with E-state index in [-0.39, 0.29) is 5.16 Å². The van der Waals surface area contributed by atoms with Crippen molar-refractivity contribution in [1.29, 1.82) is 0 Å². The molecular formula is C8H7FS2. The molecule has 3 heteroatoms. The predicted octanol–water partition coefficient (Wildman–Crippen LogP) is 3.87. The first kappa shape index (κ1) is 8.68. The molecule has 0 saturated heterocycles. The zero-order chi connectivity index (χ0) is 8.10. The lowest BCUT2D eigenvalue weighted by Gasteiger charge is -1.95. The summed E-state index contributed by atoms with van der Waals surface area (Å²) in [5.41, 5.74) is 0. The molecule has 0 atom stereocenters. The van der Waals surface area contributed by atoms with Crippen LogP contribution < -0.4 is 0 Å². The van der Waals surface area contributed by atoms with E-state index in [1.54, 1.807) is 0 Å². The van der Waals surface area contributed by atoms with Crippen molar-refractivity contribution < 1.29 is 4.39 Å². The van der Waals surface area contributed by atoms with Gasteiger partial charge in [-0.25, -0.2) is 0 Å². The lowest BCUT2D eigenvalue weighted by atomic mass is 10.4. The number of hydrogen-bond acceptors (Lipinski definition) is 2. The summed E-state index contributed by atoms with van der Waals surface area (Å²) in [4.78, 5) is 1.04. The first-order valence-electron chi connectivity index (χ1n) is 3.03. The number of rotatable bonds is 3. The molecule has 0 heterocycles. The van der Waals surface area contributed by atoms with E-state index in [1.165, 1.54) is 10.8 Å². The second-order valence-electron chi connectivity index (χ2n) is 1.83. The Morgan fingerprint density at radius 2 is 1.91 bits per heavy atom. The van der Waals surface area contributed by atoms with Gasteiger partial charge in [0.1, 0.15) is 0 Å². The van der Waals surface area contributed by atoms with E-state index < -0.39 is 0 Å². The molecule has 0 saturated carbocycles. The third-order valence-corrected chi connectivity index (χ3v) is 3.07. The molecule has 1 aromatic carbocycles. The van der Waals surface area contributed by atoms with Crippen molar-refractivity contribution in [3.63, 3.8) is 0 Å². The van der Waals surface area contributed by atoms with E-state index in [9.17, 15) is 4.39 Å². The Balaban J connectivity index is 2.45. The molecule has 0 aliphatic heterocycles. The van der Waals surface area contributed by atoms with Gasteiger partial charge < -0.3 is 0 Å². The summed E-state index contributed by atoms with van der Waals surface area (Å²) in [5, 5.41) is -0.362. The van der Waals surface area contributed by atoms with Gasteiger partial charge in [-0.2, -0.15) is 4.39 Å². The minimum atomic E-state index is -0.362. The van der Waals surface area contributed by atoms with Gasteiger partial charge in [-0.05, 0) is 22.9 Å². The van der Waals surface area contributed by atoms with Crippen LogP contribution in [0.25, 0.3) is 0 Å². The maximum atomic E-state index is 12.1. The van der Waals surface area contributed by atoms with Gasteiger partial charge in [-0.3, -0.25) is 0 Å². The van der Waals surface area contributed by atoms with Gasteiger partial charge in [0.25, 0.3) is 0 Å². The van der Waals surface area contributed by atoms with Crippen LogP contribution in [0.1, 0.15) is 0 Å². The average Bonchev–Trinajstić information content (AvgIpc) is 2.03. The van der Waals surface area contributed by atoms with E-state index in [1.807, 2.05) is 30.3 Å². The standard InChI is InChI=1S/C8H7FS2/c1-7(9)10-11-8-5-3-2-4-6-8/h2-6H,1H2. The highest BCUT2D eigenvalue weighted by Crippen LogP contribution is 2.35. The second kappa shape index (κ2) is 4.46. The number of benzene rings is 1. The van der Waals surface area contributed by atoms with Crippen LogP contribution in [-0.4, -0.2) is 0 Å². The van der Waals surface area contributed by atoms with E-state index in [0.717, 1.165) is 15.7 Å². The molecule has 1 aromatic rings. The molecule has 0 aliphatic rings. The summed E-state index contributed by atoms with van der Waals surface area (Å²) >= 11 is 0. The lowest BCUT2D eigenvalue weighted by Crippen LogP contribution is -1.63. The Morgan fingerprint density at radius 1 is 1.27 bits per heavy atom. The minimum absolute atomic E-state index is 0.362. The summed E-state index contributed by atoms with van der Waals surface area (Å²) in [6, 6.07) is 9.63. The molecule has 0 unspecified atom stereocenters. The summed E-state index contributed by atoms with van der Waals surface area (Å²) < 4.78 is 12.1. The number of hydrogen-bond donors (Lipinski definition) is 0. The van der Waals surface area contributed by atoms with Crippen LogP contribution in [0.5, 0.6) is 0 Å². The molecule has 0 nitrogen and oxygen atoms in total. The van der Waals surface area contributed by atoms with Gasteiger partial charge in [-0.15, -0.1) is 0 Å². The van der Waals surface area contributed by atoms with E-state index in [2.05, 4.69) is 6.58 Å². The molecule has 0 bridgehead atoms. The summed E-state index contributed by atoms with van der Waals surface area (Å²) in [5.74, 6) is 0. The third-order valence-electron chi connectivity index (χ3n) is 0.972. The fraction of sp³-hybridized carbons (Fsp3) is 0. The molecule has 0 radical (unpaired) electrons. The average molecular weight is 186 g/mol. The maximum absolute atomic E-state index is 12.1. The van der Waals surface area contributed by atoms with Gasteiger partial charge in [0.15, 0.2) is 5.16 Å². The zero-order valence-electron chi connectivity index (χ0n) is 5.79. The highest BCUT2D eigenvalue weighted by Gasteiger charge is 1.94. The topological polar surface area (TPSA) is 0 Å². The maximum Gasteiger partial charge on any atom is 0.160 e. The molecule has 0 spiro atoms. The summed E-state index contributed by atoms with van der Waals surface area (Å²) in [6.45, 7) is 3.15. The highest BCUT2D eigenvalue weighted by atomic mass is 33.1. The fourth-order valence-electron chi connectivity index (χ4n) is 0.569. The Morgan fingerprint density at radius 3 is 2.45 bits per heavy atom. The Bertz CT molecular complexity index is 233. The van der Waals surface area contributed by atoms with E-state index in [4.69, 9.17) is 0 Å². The van der Waals surface area contributed by atoms with Crippen LogP contribution in [0.4, 0.5) is 4.39 Å². The molecule has 0 amide bonds. The van der Waals surface area contributed by atoms with Crippen molar-refractivity contribution in [2.75, 3.05) is 0 Å². The smallest absolute Gasteiger partial charge is 0.160 e. The molecule has 0 aliphatic carbocycles. The van der Waals surface area contributed by atoms with Gasteiger partial charge >= 0.3 is 0 Å². The second-order valence-corrected chi connectivity index (χ2v) is 4.08. The van der Waals surface area contributed by atoms with Crippen molar-refractivity contribution in [2.45, 2.75) is 4.90 Å². The normalized spacial score (nSPS) is 9.55. The molecular weight excluding hydrogens is 179 g/mol. The van der Waals surface area contributed by atoms with Crippen molar-refractivity contribution in [2.24, 2.45) is 0 Å². The highest BCUT2D eigenvalue weighted by molar-refractivity contribution is 8.78. The molecule has 1 rings (SSSR count).